The number of carbonyl (C=O) groups excluding carboxylic acids is 2. The minimum absolute atomic E-state index is 0.0632. The Kier molecular flexibility index (Phi) is 4.90. The second-order valence-corrected chi connectivity index (χ2v) is 6.45. The molecule has 1 aromatic rings. The van der Waals surface area contributed by atoms with Crippen LogP contribution in [0.15, 0.2) is 29.8 Å². The topological polar surface area (TPSA) is 77.8 Å². The van der Waals surface area contributed by atoms with Gasteiger partial charge in [0, 0.05) is 12.1 Å². The van der Waals surface area contributed by atoms with Crippen LogP contribution in [0, 0.1) is 12.8 Å². The fraction of sp³-hybridized carbons (Fsp3) is 0.444. The van der Waals surface area contributed by atoms with Crippen molar-refractivity contribution in [1.82, 2.24) is 4.90 Å². The first kappa shape index (κ1) is 17.2. The Morgan fingerprint density at radius 2 is 1.74 bits per heavy atom. The predicted molar refractivity (Wildman–Crippen MR) is 87.8 cm³/mol. The van der Waals surface area contributed by atoms with E-state index in [0.29, 0.717) is 5.56 Å². The van der Waals surface area contributed by atoms with E-state index in [1.54, 1.807) is 19.1 Å². The molecule has 1 aliphatic rings. The largest absolute Gasteiger partial charge is 0.507 e. The quantitative estimate of drug-likeness (QED) is 0.506. The lowest BCUT2D eigenvalue weighted by Gasteiger charge is -2.28. The number of amides is 1. The summed E-state index contributed by atoms with van der Waals surface area (Å²) in [5.41, 5.74) is 1.67. The Morgan fingerprint density at radius 3 is 2.22 bits per heavy atom. The number of benzene rings is 1. The fourth-order valence-electron chi connectivity index (χ4n) is 2.95. The first-order chi connectivity index (χ1) is 10.7. The first-order valence-corrected chi connectivity index (χ1v) is 7.77. The zero-order valence-electron chi connectivity index (χ0n) is 13.9. The molecule has 0 radical (unpaired) electrons. The molecule has 5 heteroatoms. The summed E-state index contributed by atoms with van der Waals surface area (Å²) in [4.78, 5) is 26.0. The number of β-amino-alcohol motifs (C(OH)–C–C–N with tert-alkyl or cyclic N) is 1. The van der Waals surface area contributed by atoms with Crippen LogP contribution in [-0.2, 0) is 9.59 Å². The summed E-state index contributed by atoms with van der Waals surface area (Å²) in [6.07, 6.45) is -0.742. The smallest absolute Gasteiger partial charge is 0.295 e. The molecule has 1 aliphatic heterocycles. The van der Waals surface area contributed by atoms with Crippen molar-refractivity contribution in [1.29, 1.82) is 0 Å². The molecule has 1 heterocycles. The van der Waals surface area contributed by atoms with Crippen LogP contribution >= 0.6 is 0 Å². The van der Waals surface area contributed by atoms with Gasteiger partial charge in [0.2, 0.25) is 0 Å². The highest BCUT2D eigenvalue weighted by atomic mass is 16.3. The lowest BCUT2D eigenvalue weighted by atomic mass is 9.93. The van der Waals surface area contributed by atoms with Crippen LogP contribution in [0.2, 0.25) is 0 Å². The summed E-state index contributed by atoms with van der Waals surface area (Å²) in [5, 5.41) is 20.2. The third kappa shape index (κ3) is 3.29. The van der Waals surface area contributed by atoms with Crippen molar-refractivity contribution >= 4 is 17.4 Å². The molecule has 2 atom stereocenters. The molecule has 1 amide bonds. The molecule has 124 valence electrons. The average molecular weight is 317 g/mol. The highest BCUT2D eigenvalue weighted by Crippen LogP contribution is 2.33. The summed E-state index contributed by atoms with van der Waals surface area (Å²) >= 11 is 0. The van der Waals surface area contributed by atoms with Gasteiger partial charge >= 0.3 is 0 Å². The van der Waals surface area contributed by atoms with Crippen LogP contribution < -0.4 is 0 Å². The number of Topliss-reactive ketones (excluding diaryl/α,β-unsaturated/α-hetero) is 1. The number of aliphatic hydroxyl groups excluding tert-OH is 2. The number of aryl methyl sites for hydroxylation is 1. The molecule has 23 heavy (non-hydrogen) atoms. The Morgan fingerprint density at radius 1 is 1.17 bits per heavy atom. The summed E-state index contributed by atoms with van der Waals surface area (Å²) < 4.78 is 0. The molecule has 0 aromatic heterocycles. The van der Waals surface area contributed by atoms with Gasteiger partial charge in [0.15, 0.2) is 0 Å². The van der Waals surface area contributed by atoms with E-state index in [1.165, 1.54) is 4.90 Å². The van der Waals surface area contributed by atoms with Crippen molar-refractivity contribution < 1.29 is 19.8 Å². The Labute approximate surface area is 136 Å². The predicted octanol–water partition coefficient (Wildman–Crippen LogP) is 2.08. The standard InChI is InChI=1S/C18H23NO4/c1-10(2)15-14(16(21)13-7-5-11(3)6-8-13)17(22)18(23)19(15)9-12(4)20/h5-8,10,12,15,20-21H,9H2,1-4H3. The summed E-state index contributed by atoms with van der Waals surface area (Å²) in [5.74, 6) is -1.58. The molecule has 1 aromatic carbocycles. The van der Waals surface area contributed by atoms with Crippen molar-refractivity contribution in [3.8, 4) is 0 Å². The van der Waals surface area contributed by atoms with Crippen LogP contribution in [0.4, 0.5) is 0 Å². The van der Waals surface area contributed by atoms with Crippen LogP contribution in [0.5, 0.6) is 0 Å². The van der Waals surface area contributed by atoms with Crippen molar-refractivity contribution in [2.75, 3.05) is 6.54 Å². The molecule has 1 saturated heterocycles. The fourth-order valence-corrected chi connectivity index (χ4v) is 2.95. The molecule has 2 rings (SSSR count). The zero-order chi connectivity index (χ0) is 17.3. The maximum atomic E-state index is 12.4. The van der Waals surface area contributed by atoms with Crippen molar-refractivity contribution in [2.24, 2.45) is 5.92 Å². The van der Waals surface area contributed by atoms with Gasteiger partial charge < -0.3 is 15.1 Å². The lowest BCUT2D eigenvalue weighted by molar-refractivity contribution is -0.140. The van der Waals surface area contributed by atoms with Gasteiger partial charge in [-0.05, 0) is 19.8 Å². The number of nitrogens with zero attached hydrogens (tertiary/aromatic N) is 1. The number of carbonyl (C=O) groups is 2. The van der Waals surface area contributed by atoms with Crippen LogP contribution in [0.25, 0.3) is 5.76 Å². The highest BCUT2D eigenvalue weighted by molar-refractivity contribution is 6.46. The van der Waals surface area contributed by atoms with Crippen molar-refractivity contribution in [3.63, 3.8) is 0 Å². The average Bonchev–Trinajstić information content (AvgIpc) is 2.72. The Bertz CT molecular complexity index is 643. The van der Waals surface area contributed by atoms with Gasteiger partial charge in [-0.1, -0.05) is 43.7 Å². The van der Waals surface area contributed by atoms with E-state index < -0.39 is 23.8 Å². The number of likely N-dealkylation sites (tertiary alicyclic amines) is 1. The third-order valence-corrected chi connectivity index (χ3v) is 4.00. The molecule has 0 aliphatic carbocycles. The highest BCUT2D eigenvalue weighted by Gasteiger charge is 2.46. The van der Waals surface area contributed by atoms with Gasteiger partial charge in [0.05, 0.1) is 17.7 Å². The number of aliphatic hydroxyl groups is 2. The monoisotopic (exact) mass is 317 g/mol. The Hall–Kier alpha value is -2.14. The van der Waals surface area contributed by atoms with Gasteiger partial charge in [0.25, 0.3) is 11.7 Å². The molecule has 0 bridgehead atoms. The van der Waals surface area contributed by atoms with Gasteiger partial charge in [-0.2, -0.15) is 0 Å². The second kappa shape index (κ2) is 6.54. The number of rotatable bonds is 4. The minimum atomic E-state index is -0.742. The molecule has 1 fully saturated rings. The van der Waals surface area contributed by atoms with Gasteiger partial charge in [-0.15, -0.1) is 0 Å². The molecule has 5 nitrogen and oxygen atoms in total. The second-order valence-electron chi connectivity index (χ2n) is 6.45. The van der Waals surface area contributed by atoms with Gasteiger partial charge in [-0.3, -0.25) is 9.59 Å². The van der Waals surface area contributed by atoms with Crippen LogP contribution in [0.1, 0.15) is 31.9 Å². The van der Waals surface area contributed by atoms with Gasteiger partial charge in [-0.25, -0.2) is 0 Å². The van der Waals surface area contributed by atoms with E-state index in [9.17, 15) is 19.8 Å². The molecule has 2 unspecified atom stereocenters. The summed E-state index contributed by atoms with van der Waals surface area (Å²) in [6.45, 7) is 7.33. The summed E-state index contributed by atoms with van der Waals surface area (Å²) in [7, 11) is 0. The van der Waals surface area contributed by atoms with Crippen LogP contribution in [-0.4, -0.2) is 45.5 Å². The van der Waals surface area contributed by atoms with E-state index in [-0.39, 0.29) is 23.8 Å². The molecular weight excluding hydrogens is 294 g/mol. The third-order valence-electron chi connectivity index (χ3n) is 4.00. The van der Waals surface area contributed by atoms with E-state index in [1.807, 2.05) is 32.9 Å². The van der Waals surface area contributed by atoms with E-state index in [0.717, 1.165) is 5.56 Å². The molecule has 0 saturated carbocycles. The normalized spacial score (nSPS) is 22.0. The maximum absolute atomic E-state index is 12.4. The zero-order valence-corrected chi connectivity index (χ0v) is 13.9. The first-order valence-electron chi connectivity index (χ1n) is 7.77. The minimum Gasteiger partial charge on any atom is -0.507 e. The number of ketones is 1. The molecule has 2 N–H and O–H groups in total. The van der Waals surface area contributed by atoms with E-state index >= 15 is 0 Å². The van der Waals surface area contributed by atoms with Crippen molar-refractivity contribution in [2.45, 2.75) is 39.8 Å². The lowest BCUT2D eigenvalue weighted by Crippen LogP contribution is -2.41. The van der Waals surface area contributed by atoms with Gasteiger partial charge in [0.1, 0.15) is 5.76 Å². The van der Waals surface area contributed by atoms with Crippen molar-refractivity contribution in [3.05, 3.63) is 41.0 Å². The molecular formula is C18H23NO4. The SMILES string of the molecule is Cc1ccc(C(O)=C2C(=O)C(=O)N(CC(C)O)C2C(C)C)cc1. The van der Waals surface area contributed by atoms with E-state index in [4.69, 9.17) is 0 Å². The Balaban J connectivity index is 2.53. The summed E-state index contributed by atoms with van der Waals surface area (Å²) in [6, 6.07) is 6.59. The number of hydrogen-bond acceptors (Lipinski definition) is 4. The van der Waals surface area contributed by atoms with Crippen LogP contribution in [0.3, 0.4) is 0 Å². The number of hydrogen-bond donors (Lipinski definition) is 2. The van der Waals surface area contributed by atoms with E-state index in [2.05, 4.69) is 0 Å². The molecule has 0 spiro atoms. The maximum Gasteiger partial charge on any atom is 0.295 e.